The quantitative estimate of drug-likeness (QED) is 0.937. The molecule has 2 aromatic heterocycles. The Bertz CT molecular complexity index is 714. The highest BCUT2D eigenvalue weighted by Crippen LogP contribution is 2.39. The van der Waals surface area contributed by atoms with Crippen LogP contribution >= 0.6 is 0 Å². The number of hydrogen-bond donors (Lipinski definition) is 1. The number of anilines is 1. The molecule has 0 amide bonds. The highest BCUT2D eigenvalue weighted by atomic mass is 16.3. The first-order chi connectivity index (χ1) is 11.0. The van der Waals surface area contributed by atoms with Gasteiger partial charge in [-0.2, -0.15) is 5.10 Å². The maximum atomic E-state index is 11.0. The topological polar surface area (TPSA) is 67.1 Å². The summed E-state index contributed by atoms with van der Waals surface area (Å²) in [7, 11) is 1.88. The van der Waals surface area contributed by atoms with E-state index in [2.05, 4.69) is 21.0 Å². The van der Waals surface area contributed by atoms with Crippen LogP contribution < -0.4 is 4.90 Å². The van der Waals surface area contributed by atoms with Crippen molar-refractivity contribution in [3.05, 3.63) is 35.5 Å². The van der Waals surface area contributed by atoms with Crippen LogP contribution in [0.1, 0.15) is 48.8 Å². The second-order valence-corrected chi connectivity index (χ2v) is 6.86. The van der Waals surface area contributed by atoms with Gasteiger partial charge in [-0.1, -0.05) is 0 Å². The summed E-state index contributed by atoms with van der Waals surface area (Å²) in [6, 6.07) is 3.97. The lowest BCUT2D eigenvalue weighted by atomic mass is 9.88. The first kappa shape index (κ1) is 14.6. The molecular weight excluding hydrogens is 290 g/mol. The van der Waals surface area contributed by atoms with E-state index in [1.165, 1.54) is 12.8 Å². The van der Waals surface area contributed by atoms with Crippen LogP contribution in [0.4, 0.5) is 5.82 Å². The van der Waals surface area contributed by atoms with Crippen LogP contribution in [-0.4, -0.2) is 37.9 Å². The number of aryl methyl sites for hydroxylation is 2. The van der Waals surface area contributed by atoms with Crippen molar-refractivity contribution in [2.24, 2.45) is 7.05 Å². The predicted octanol–water partition coefficient (Wildman–Crippen LogP) is 1.88. The zero-order valence-electron chi connectivity index (χ0n) is 13.7. The summed E-state index contributed by atoms with van der Waals surface area (Å²) in [6.07, 6.45) is 5.55. The van der Waals surface area contributed by atoms with Gasteiger partial charge >= 0.3 is 0 Å². The molecule has 4 rings (SSSR count). The fourth-order valence-electron chi connectivity index (χ4n) is 3.45. The molecule has 2 fully saturated rings. The van der Waals surface area contributed by atoms with Gasteiger partial charge in [-0.3, -0.25) is 4.68 Å². The zero-order chi connectivity index (χ0) is 16.0. The van der Waals surface area contributed by atoms with Crippen LogP contribution in [0.2, 0.25) is 0 Å². The minimum Gasteiger partial charge on any atom is -0.383 e. The number of hydrogen-bond acceptors (Lipinski definition) is 5. The smallest absolute Gasteiger partial charge is 0.134 e. The average molecular weight is 313 g/mol. The van der Waals surface area contributed by atoms with Crippen LogP contribution in [0.25, 0.3) is 0 Å². The minimum atomic E-state index is -0.789. The molecule has 122 valence electrons. The summed E-state index contributed by atoms with van der Waals surface area (Å²) in [5, 5.41) is 15.2. The maximum Gasteiger partial charge on any atom is 0.134 e. The minimum absolute atomic E-state index is 0.560. The SMILES string of the molecule is Cc1cc(N2CCC(O)(c3ccnn3C)CC2)nc(C2CC2)n1. The first-order valence-electron chi connectivity index (χ1n) is 8.36. The van der Waals surface area contributed by atoms with Gasteiger partial charge in [-0.25, -0.2) is 9.97 Å². The van der Waals surface area contributed by atoms with Crippen LogP contribution in [-0.2, 0) is 12.6 Å². The third-order valence-electron chi connectivity index (χ3n) is 5.01. The van der Waals surface area contributed by atoms with Gasteiger partial charge in [0.1, 0.15) is 17.2 Å². The molecule has 1 aliphatic heterocycles. The molecule has 6 nitrogen and oxygen atoms in total. The van der Waals surface area contributed by atoms with Gasteiger partial charge in [0.25, 0.3) is 0 Å². The molecule has 2 aliphatic rings. The second kappa shape index (κ2) is 5.30. The fourth-order valence-corrected chi connectivity index (χ4v) is 3.45. The van der Waals surface area contributed by atoms with Gasteiger partial charge in [0.15, 0.2) is 0 Å². The first-order valence-corrected chi connectivity index (χ1v) is 8.36. The van der Waals surface area contributed by atoms with Crippen molar-refractivity contribution in [1.82, 2.24) is 19.7 Å². The van der Waals surface area contributed by atoms with Crippen LogP contribution in [0.5, 0.6) is 0 Å². The molecule has 0 atom stereocenters. The molecule has 3 heterocycles. The summed E-state index contributed by atoms with van der Waals surface area (Å²) in [4.78, 5) is 11.6. The van der Waals surface area contributed by atoms with E-state index >= 15 is 0 Å². The highest BCUT2D eigenvalue weighted by Gasteiger charge is 2.37. The molecule has 1 saturated heterocycles. The largest absolute Gasteiger partial charge is 0.383 e. The lowest BCUT2D eigenvalue weighted by Gasteiger charge is -2.38. The standard InChI is InChI=1S/C17H23N5O/c1-12-11-15(20-16(19-12)13-3-4-13)22-9-6-17(23,7-10-22)14-5-8-18-21(14)2/h5,8,11,13,23H,3-4,6-7,9-10H2,1-2H3. The van der Waals surface area contributed by atoms with Gasteiger partial charge in [0.2, 0.25) is 0 Å². The Morgan fingerprint density at radius 1 is 1.22 bits per heavy atom. The van der Waals surface area contributed by atoms with Gasteiger partial charge < -0.3 is 10.0 Å². The van der Waals surface area contributed by atoms with E-state index in [0.29, 0.717) is 18.8 Å². The van der Waals surface area contributed by atoms with Gasteiger partial charge in [-0.05, 0) is 38.7 Å². The Labute approximate surface area is 136 Å². The van der Waals surface area contributed by atoms with E-state index in [1.54, 1.807) is 10.9 Å². The van der Waals surface area contributed by atoms with Crippen molar-refractivity contribution in [2.45, 2.75) is 44.1 Å². The van der Waals surface area contributed by atoms with Crippen molar-refractivity contribution in [1.29, 1.82) is 0 Å². The van der Waals surface area contributed by atoms with Gasteiger partial charge in [0.05, 0.1) is 5.69 Å². The summed E-state index contributed by atoms with van der Waals surface area (Å²) < 4.78 is 1.77. The molecule has 1 aliphatic carbocycles. The van der Waals surface area contributed by atoms with Gasteiger partial charge in [0, 0.05) is 44.0 Å². The Morgan fingerprint density at radius 2 is 1.96 bits per heavy atom. The number of aromatic nitrogens is 4. The average Bonchev–Trinajstić information content (AvgIpc) is 3.29. The lowest BCUT2D eigenvalue weighted by Crippen LogP contribution is -2.44. The lowest BCUT2D eigenvalue weighted by molar-refractivity contribution is 0.00403. The highest BCUT2D eigenvalue weighted by molar-refractivity contribution is 5.41. The number of piperidine rings is 1. The number of nitrogens with zero attached hydrogens (tertiary/aromatic N) is 5. The van der Waals surface area contributed by atoms with E-state index < -0.39 is 5.60 Å². The molecule has 0 unspecified atom stereocenters. The number of rotatable bonds is 3. The molecule has 2 aromatic rings. The van der Waals surface area contributed by atoms with Crippen molar-refractivity contribution in [3.63, 3.8) is 0 Å². The van der Waals surface area contributed by atoms with Crippen LogP contribution in [0.15, 0.2) is 18.3 Å². The molecule has 1 N–H and O–H groups in total. The molecule has 23 heavy (non-hydrogen) atoms. The molecular formula is C17H23N5O. The third-order valence-corrected chi connectivity index (χ3v) is 5.01. The second-order valence-electron chi connectivity index (χ2n) is 6.86. The van der Waals surface area contributed by atoms with E-state index in [4.69, 9.17) is 4.98 Å². The van der Waals surface area contributed by atoms with E-state index in [9.17, 15) is 5.11 Å². The summed E-state index contributed by atoms with van der Waals surface area (Å²) in [6.45, 7) is 3.62. The molecule has 0 radical (unpaired) electrons. The molecule has 1 saturated carbocycles. The molecule has 0 aromatic carbocycles. The van der Waals surface area contributed by atoms with E-state index in [-0.39, 0.29) is 0 Å². The van der Waals surface area contributed by atoms with E-state index in [0.717, 1.165) is 36.1 Å². The monoisotopic (exact) mass is 313 g/mol. The van der Waals surface area contributed by atoms with Crippen molar-refractivity contribution in [2.75, 3.05) is 18.0 Å². The Balaban J connectivity index is 1.52. The van der Waals surface area contributed by atoms with Crippen molar-refractivity contribution in [3.8, 4) is 0 Å². The Kier molecular flexibility index (Phi) is 3.37. The predicted molar refractivity (Wildman–Crippen MR) is 87.3 cm³/mol. The van der Waals surface area contributed by atoms with Crippen molar-refractivity contribution >= 4 is 5.82 Å². The normalized spacial score (nSPS) is 20.7. The zero-order valence-corrected chi connectivity index (χ0v) is 13.7. The van der Waals surface area contributed by atoms with Crippen LogP contribution in [0, 0.1) is 6.92 Å². The Morgan fingerprint density at radius 3 is 2.57 bits per heavy atom. The van der Waals surface area contributed by atoms with E-state index in [1.807, 2.05) is 20.0 Å². The summed E-state index contributed by atoms with van der Waals surface area (Å²) >= 11 is 0. The third kappa shape index (κ3) is 2.72. The van der Waals surface area contributed by atoms with Crippen LogP contribution in [0.3, 0.4) is 0 Å². The summed E-state index contributed by atoms with van der Waals surface area (Å²) in [5.74, 6) is 2.56. The number of aliphatic hydroxyl groups is 1. The summed E-state index contributed by atoms with van der Waals surface area (Å²) in [5.41, 5.74) is 1.14. The Hall–Kier alpha value is -1.95. The molecule has 6 heteroatoms. The van der Waals surface area contributed by atoms with Crippen molar-refractivity contribution < 1.29 is 5.11 Å². The fraction of sp³-hybridized carbons (Fsp3) is 0.588. The molecule has 0 bridgehead atoms. The maximum absolute atomic E-state index is 11.0. The molecule has 0 spiro atoms. The van der Waals surface area contributed by atoms with Gasteiger partial charge in [-0.15, -0.1) is 0 Å².